The maximum atomic E-state index is 9.56. The fourth-order valence-corrected chi connectivity index (χ4v) is 2.04. The third kappa shape index (κ3) is 2.05. The zero-order valence-electron chi connectivity index (χ0n) is 8.37. The lowest BCUT2D eigenvalue weighted by Crippen LogP contribution is -1.83. The molecule has 0 heterocycles. The van der Waals surface area contributed by atoms with Crippen LogP contribution >= 0.6 is 15.9 Å². The lowest BCUT2D eigenvalue weighted by molar-refractivity contribution is 0.475. The lowest BCUT2D eigenvalue weighted by Gasteiger charge is -2.08. The van der Waals surface area contributed by atoms with Crippen LogP contribution in [0.4, 0.5) is 0 Å². The second kappa shape index (κ2) is 4.07. The van der Waals surface area contributed by atoms with E-state index in [4.69, 9.17) is 0 Å². The minimum Gasteiger partial charge on any atom is -0.508 e. The first-order valence-corrected chi connectivity index (χ1v) is 5.52. The van der Waals surface area contributed by atoms with E-state index in [2.05, 4.69) is 15.9 Å². The molecule has 0 atom stereocenters. The van der Waals surface area contributed by atoms with Crippen LogP contribution in [0.5, 0.6) is 5.75 Å². The predicted octanol–water partition coefficient (Wildman–Crippen LogP) is 4.13. The molecule has 0 fully saturated rings. The second-order valence-electron chi connectivity index (χ2n) is 3.49. The average molecular weight is 263 g/mol. The normalized spacial score (nSPS) is 10.3. The van der Waals surface area contributed by atoms with Crippen LogP contribution < -0.4 is 0 Å². The Morgan fingerprint density at radius 3 is 2.40 bits per heavy atom. The summed E-state index contributed by atoms with van der Waals surface area (Å²) in [6, 6.07) is 13.5. The zero-order chi connectivity index (χ0) is 10.8. The van der Waals surface area contributed by atoms with Gasteiger partial charge in [-0.15, -0.1) is 0 Å². The summed E-state index contributed by atoms with van der Waals surface area (Å²) in [5, 5.41) is 9.56. The van der Waals surface area contributed by atoms with Gasteiger partial charge >= 0.3 is 0 Å². The number of halogens is 1. The summed E-state index contributed by atoms with van der Waals surface area (Å²) in [5.74, 6) is 0.301. The monoisotopic (exact) mass is 262 g/mol. The van der Waals surface area contributed by atoms with Crippen molar-refractivity contribution in [2.75, 3.05) is 0 Å². The molecule has 0 aromatic heterocycles. The number of phenols is 1. The molecule has 0 saturated heterocycles. The molecule has 0 radical (unpaired) electrons. The van der Waals surface area contributed by atoms with E-state index in [1.54, 1.807) is 12.1 Å². The van der Waals surface area contributed by atoms with Crippen molar-refractivity contribution in [3.63, 3.8) is 0 Å². The Morgan fingerprint density at radius 1 is 1.07 bits per heavy atom. The number of rotatable bonds is 1. The van der Waals surface area contributed by atoms with Gasteiger partial charge in [0, 0.05) is 4.47 Å². The fraction of sp³-hybridized carbons (Fsp3) is 0.0769. The van der Waals surface area contributed by atoms with Crippen molar-refractivity contribution < 1.29 is 5.11 Å². The topological polar surface area (TPSA) is 20.2 Å². The Bertz CT molecular complexity index is 477. The Labute approximate surface area is 97.5 Å². The number of aryl methyl sites for hydroxylation is 1. The van der Waals surface area contributed by atoms with Gasteiger partial charge in [0.1, 0.15) is 5.75 Å². The van der Waals surface area contributed by atoms with Crippen LogP contribution in [-0.2, 0) is 0 Å². The van der Waals surface area contributed by atoms with Crippen LogP contribution in [0.15, 0.2) is 46.9 Å². The first kappa shape index (κ1) is 10.2. The first-order valence-electron chi connectivity index (χ1n) is 4.73. The van der Waals surface area contributed by atoms with Crippen molar-refractivity contribution in [3.05, 3.63) is 52.5 Å². The van der Waals surface area contributed by atoms with Gasteiger partial charge < -0.3 is 5.11 Å². The molecule has 2 rings (SSSR count). The van der Waals surface area contributed by atoms with Crippen LogP contribution in [0.2, 0.25) is 0 Å². The highest BCUT2D eigenvalue weighted by atomic mass is 79.9. The van der Waals surface area contributed by atoms with Gasteiger partial charge in [-0.1, -0.05) is 30.3 Å². The maximum Gasteiger partial charge on any atom is 0.116 e. The van der Waals surface area contributed by atoms with Crippen molar-refractivity contribution in [3.8, 4) is 16.9 Å². The van der Waals surface area contributed by atoms with Crippen LogP contribution in [0, 0.1) is 6.92 Å². The van der Waals surface area contributed by atoms with E-state index in [9.17, 15) is 5.11 Å². The minimum absolute atomic E-state index is 0.301. The third-order valence-corrected chi connectivity index (χ3v) is 3.38. The van der Waals surface area contributed by atoms with Gasteiger partial charge in [-0.05, 0) is 51.7 Å². The molecular formula is C13H11BrO. The smallest absolute Gasteiger partial charge is 0.116 e. The molecule has 76 valence electrons. The van der Waals surface area contributed by atoms with Gasteiger partial charge in [-0.3, -0.25) is 0 Å². The van der Waals surface area contributed by atoms with E-state index in [1.807, 2.05) is 37.3 Å². The SMILES string of the molecule is Cc1cc(O)cc(-c2ccccc2)c1Br. The molecule has 1 N–H and O–H groups in total. The standard InChI is InChI=1S/C13H11BrO/c1-9-7-11(15)8-12(13(9)14)10-5-3-2-4-6-10/h2-8,15H,1H3. The Balaban J connectivity index is 2.63. The number of aromatic hydroxyl groups is 1. The van der Waals surface area contributed by atoms with Gasteiger partial charge in [-0.2, -0.15) is 0 Å². The van der Waals surface area contributed by atoms with E-state index in [0.29, 0.717) is 5.75 Å². The lowest BCUT2D eigenvalue weighted by atomic mass is 10.0. The van der Waals surface area contributed by atoms with E-state index in [1.165, 1.54) is 0 Å². The second-order valence-corrected chi connectivity index (χ2v) is 4.28. The zero-order valence-corrected chi connectivity index (χ0v) is 9.95. The van der Waals surface area contributed by atoms with Crippen LogP contribution in [0.25, 0.3) is 11.1 Å². The molecule has 0 amide bonds. The highest BCUT2D eigenvalue weighted by Crippen LogP contribution is 2.33. The average Bonchev–Trinajstić information content (AvgIpc) is 2.24. The van der Waals surface area contributed by atoms with Gasteiger partial charge in [0.25, 0.3) is 0 Å². The Morgan fingerprint density at radius 2 is 1.73 bits per heavy atom. The van der Waals surface area contributed by atoms with Gasteiger partial charge in [-0.25, -0.2) is 0 Å². The third-order valence-electron chi connectivity index (χ3n) is 2.32. The van der Waals surface area contributed by atoms with Gasteiger partial charge in [0.15, 0.2) is 0 Å². The van der Waals surface area contributed by atoms with Crippen LogP contribution in [-0.4, -0.2) is 5.11 Å². The number of phenolic OH excluding ortho intramolecular Hbond substituents is 1. The largest absolute Gasteiger partial charge is 0.508 e. The summed E-state index contributed by atoms with van der Waals surface area (Å²) in [6.45, 7) is 1.97. The molecule has 2 aromatic carbocycles. The number of hydrogen-bond acceptors (Lipinski definition) is 1. The van der Waals surface area contributed by atoms with Crippen molar-refractivity contribution in [2.24, 2.45) is 0 Å². The van der Waals surface area contributed by atoms with Crippen molar-refractivity contribution in [1.82, 2.24) is 0 Å². The summed E-state index contributed by atoms with van der Waals surface area (Å²) in [7, 11) is 0. The molecular weight excluding hydrogens is 252 g/mol. The number of benzene rings is 2. The Kier molecular flexibility index (Phi) is 2.78. The van der Waals surface area contributed by atoms with E-state index >= 15 is 0 Å². The molecule has 2 heteroatoms. The highest BCUT2D eigenvalue weighted by molar-refractivity contribution is 9.10. The summed E-state index contributed by atoms with van der Waals surface area (Å²) in [6.07, 6.45) is 0. The van der Waals surface area contributed by atoms with Crippen LogP contribution in [0.1, 0.15) is 5.56 Å². The highest BCUT2D eigenvalue weighted by Gasteiger charge is 2.06. The van der Waals surface area contributed by atoms with Crippen molar-refractivity contribution in [1.29, 1.82) is 0 Å². The number of hydrogen-bond donors (Lipinski definition) is 1. The summed E-state index contributed by atoms with van der Waals surface area (Å²) >= 11 is 3.54. The maximum absolute atomic E-state index is 9.56. The molecule has 0 spiro atoms. The molecule has 0 bridgehead atoms. The molecule has 0 aliphatic rings. The first-order chi connectivity index (χ1) is 7.18. The molecule has 2 aromatic rings. The van der Waals surface area contributed by atoms with E-state index in [-0.39, 0.29) is 0 Å². The van der Waals surface area contributed by atoms with Crippen LogP contribution in [0.3, 0.4) is 0 Å². The molecule has 15 heavy (non-hydrogen) atoms. The molecule has 0 saturated carbocycles. The van der Waals surface area contributed by atoms with Gasteiger partial charge in [0.05, 0.1) is 0 Å². The Hall–Kier alpha value is -1.28. The quantitative estimate of drug-likeness (QED) is 0.820. The summed E-state index contributed by atoms with van der Waals surface area (Å²) in [4.78, 5) is 0. The van der Waals surface area contributed by atoms with E-state index < -0.39 is 0 Å². The minimum atomic E-state index is 0.301. The van der Waals surface area contributed by atoms with Crippen molar-refractivity contribution >= 4 is 15.9 Å². The van der Waals surface area contributed by atoms with Crippen molar-refractivity contribution in [2.45, 2.75) is 6.92 Å². The molecule has 1 nitrogen and oxygen atoms in total. The molecule has 0 aliphatic carbocycles. The summed E-state index contributed by atoms with van der Waals surface area (Å²) in [5.41, 5.74) is 3.16. The molecule has 0 aliphatic heterocycles. The van der Waals surface area contributed by atoms with E-state index in [0.717, 1.165) is 21.2 Å². The molecule has 0 unspecified atom stereocenters. The van der Waals surface area contributed by atoms with Gasteiger partial charge in [0.2, 0.25) is 0 Å². The summed E-state index contributed by atoms with van der Waals surface area (Å²) < 4.78 is 1.03. The fourth-order valence-electron chi connectivity index (χ4n) is 1.58. The predicted molar refractivity (Wildman–Crippen MR) is 66.0 cm³/mol.